The third kappa shape index (κ3) is 2.95. The first-order valence-electron chi connectivity index (χ1n) is 8.92. The van der Waals surface area contributed by atoms with Crippen LogP contribution in [0.15, 0.2) is 42.5 Å². The largest absolute Gasteiger partial charge is 0.497 e. The number of halogens is 2. The fraction of sp³-hybridized carbons (Fsp3) is 0.238. The summed E-state index contributed by atoms with van der Waals surface area (Å²) in [5.74, 6) is 0.668. The predicted molar refractivity (Wildman–Crippen MR) is 110 cm³/mol. The number of rotatable bonds is 4. The first kappa shape index (κ1) is 18.8. The van der Waals surface area contributed by atoms with E-state index in [9.17, 15) is 4.79 Å². The third-order valence-electron chi connectivity index (χ3n) is 4.98. The van der Waals surface area contributed by atoms with Crippen LogP contribution in [-0.4, -0.2) is 34.2 Å². The number of benzene rings is 2. The number of methoxy groups -OCH3 is 1. The number of aromatic amines is 1. The van der Waals surface area contributed by atoms with E-state index in [1.807, 2.05) is 49.1 Å². The predicted octanol–water partition coefficient (Wildman–Crippen LogP) is 5.35. The number of hydrogen-bond donors (Lipinski definition) is 1. The maximum atomic E-state index is 13.1. The van der Waals surface area contributed by atoms with E-state index in [-0.39, 0.29) is 18.0 Å². The van der Waals surface area contributed by atoms with Gasteiger partial charge in [0, 0.05) is 27.2 Å². The molecule has 144 valence electrons. The van der Waals surface area contributed by atoms with Crippen LogP contribution in [0.1, 0.15) is 41.5 Å². The van der Waals surface area contributed by atoms with Crippen molar-refractivity contribution in [3.63, 3.8) is 0 Å². The summed E-state index contributed by atoms with van der Waals surface area (Å²) in [6.07, 6.45) is 0. The maximum Gasteiger partial charge on any atom is 0.273 e. The maximum absolute atomic E-state index is 13.1. The monoisotopic (exact) mass is 415 g/mol. The molecule has 1 unspecified atom stereocenters. The molecule has 2 aromatic carbocycles. The van der Waals surface area contributed by atoms with Gasteiger partial charge in [-0.1, -0.05) is 29.3 Å². The van der Waals surface area contributed by atoms with E-state index in [2.05, 4.69) is 10.2 Å². The van der Waals surface area contributed by atoms with Gasteiger partial charge in [-0.05, 0) is 55.8 Å². The van der Waals surface area contributed by atoms with Gasteiger partial charge in [-0.25, -0.2) is 0 Å². The van der Waals surface area contributed by atoms with E-state index in [0.717, 1.165) is 28.1 Å². The highest BCUT2D eigenvalue weighted by molar-refractivity contribution is 6.35. The van der Waals surface area contributed by atoms with Crippen molar-refractivity contribution in [1.82, 2.24) is 15.1 Å². The van der Waals surface area contributed by atoms with Gasteiger partial charge in [0.1, 0.15) is 11.4 Å². The molecule has 1 aliphatic heterocycles. The molecule has 1 aliphatic rings. The summed E-state index contributed by atoms with van der Waals surface area (Å²) in [6, 6.07) is 12.6. The third-order valence-corrected chi connectivity index (χ3v) is 5.54. The van der Waals surface area contributed by atoms with Crippen molar-refractivity contribution >= 4 is 29.1 Å². The van der Waals surface area contributed by atoms with Crippen molar-refractivity contribution in [3.05, 3.63) is 69.3 Å². The molecule has 3 aromatic rings. The Hall–Kier alpha value is -2.50. The lowest BCUT2D eigenvalue weighted by atomic mass is 9.95. The smallest absolute Gasteiger partial charge is 0.273 e. The van der Waals surface area contributed by atoms with E-state index in [1.54, 1.807) is 19.2 Å². The quantitative estimate of drug-likeness (QED) is 0.624. The molecule has 0 saturated heterocycles. The van der Waals surface area contributed by atoms with Crippen molar-refractivity contribution < 1.29 is 9.53 Å². The van der Waals surface area contributed by atoms with Crippen LogP contribution < -0.4 is 4.74 Å². The summed E-state index contributed by atoms with van der Waals surface area (Å²) in [4.78, 5) is 14.9. The molecule has 0 aliphatic carbocycles. The standard InChI is InChI=1S/C21H19Cl2N3O2/c1-11(2)26-20(15-9-6-13(22)10-16(15)23)17-18(24-25-19(17)21(26)27)12-4-7-14(28-3)8-5-12/h4-11,20H,1-3H3,(H,24,25). The van der Waals surface area contributed by atoms with Crippen LogP contribution in [0, 0.1) is 0 Å². The molecular weight excluding hydrogens is 397 g/mol. The Labute approximate surface area is 173 Å². The van der Waals surface area contributed by atoms with Crippen LogP contribution in [0.25, 0.3) is 11.3 Å². The van der Waals surface area contributed by atoms with Crippen molar-refractivity contribution in [2.45, 2.75) is 25.9 Å². The molecule has 0 fully saturated rings. The number of fused-ring (bicyclic) bond motifs is 1. The number of hydrogen-bond acceptors (Lipinski definition) is 3. The van der Waals surface area contributed by atoms with E-state index >= 15 is 0 Å². The van der Waals surface area contributed by atoms with Gasteiger partial charge in [-0.3, -0.25) is 9.89 Å². The van der Waals surface area contributed by atoms with Gasteiger partial charge in [-0.2, -0.15) is 5.10 Å². The highest BCUT2D eigenvalue weighted by atomic mass is 35.5. The van der Waals surface area contributed by atoms with Gasteiger partial charge in [0.05, 0.1) is 18.8 Å². The van der Waals surface area contributed by atoms with Crippen LogP contribution in [0.4, 0.5) is 0 Å². The zero-order valence-electron chi connectivity index (χ0n) is 15.7. The van der Waals surface area contributed by atoms with Gasteiger partial charge in [0.2, 0.25) is 0 Å². The number of ether oxygens (including phenoxy) is 1. The molecule has 1 N–H and O–H groups in total. The highest BCUT2D eigenvalue weighted by Crippen LogP contribution is 2.46. The second-order valence-corrected chi connectivity index (χ2v) is 7.81. The number of aromatic nitrogens is 2. The lowest BCUT2D eigenvalue weighted by molar-refractivity contribution is 0.0688. The average Bonchev–Trinajstić information content (AvgIpc) is 3.21. The Morgan fingerprint density at radius 2 is 1.86 bits per heavy atom. The molecule has 2 heterocycles. The number of carbonyl (C=O) groups is 1. The molecule has 28 heavy (non-hydrogen) atoms. The topological polar surface area (TPSA) is 58.2 Å². The zero-order valence-corrected chi connectivity index (χ0v) is 17.2. The summed E-state index contributed by atoms with van der Waals surface area (Å²) in [7, 11) is 1.62. The lowest BCUT2D eigenvalue weighted by Crippen LogP contribution is -2.35. The summed E-state index contributed by atoms with van der Waals surface area (Å²) in [5.41, 5.74) is 3.77. The summed E-state index contributed by atoms with van der Waals surface area (Å²) < 4.78 is 5.24. The minimum Gasteiger partial charge on any atom is -0.497 e. The Morgan fingerprint density at radius 3 is 2.46 bits per heavy atom. The van der Waals surface area contributed by atoms with Gasteiger partial charge >= 0.3 is 0 Å². The Morgan fingerprint density at radius 1 is 1.14 bits per heavy atom. The highest BCUT2D eigenvalue weighted by Gasteiger charge is 2.44. The molecule has 1 atom stereocenters. The van der Waals surface area contributed by atoms with Gasteiger partial charge in [0.25, 0.3) is 5.91 Å². The van der Waals surface area contributed by atoms with Crippen molar-refractivity contribution in [2.24, 2.45) is 0 Å². The molecule has 1 aromatic heterocycles. The molecule has 1 amide bonds. The second kappa shape index (κ2) is 7.15. The molecule has 0 bridgehead atoms. The van der Waals surface area contributed by atoms with Crippen molar-refractivity contribution in [2.75, 3.05) is 7.11 Å². The number of H-pyrrole nitrogens is 1. The summed E-state index contributed by atoms with van der Waals surface area (Å²) in [5, 5.41) is 8.46. The van der Waals surface area contributed by atoms with Crippen LogP contribution in [0.5, 0.6) is 5.75 Å². The van der Waals surface area contributed by atoms with Crippen LogP contribution in [-0.2, 0) is 0 Å². The van der Waals surface area contributed by atoms with Gasteiger partial charge in [0.15, 0.2) is 0 Å². The van der Waals surface area contributed by atoms with Crippen LogP contribution in [0.3, 0.4) is 0 Å². The number of amides is 1. The van der Waals surface area contributed by atoms with Crippen LogP contribution >= 0.6 is 23.2 Å². The van der Waals surface area contributed by atoms with Gasteiger partial charge < -0.3 is 9.64 Å². The summed E-state index contributed by atoms with van der Waals surface area (Å²) in [6.45, 7) is 3.97. The molecule has 0 saturated carbocycles. The molecule has 7 heteroatoms. The molecular formula is C21H19Cl2N3O2. The number of nitrogens with one attached hydrogen (secondary N) is 1. The zero-order chi connectivity index (χ0) is 20.0. The second-order valence-electron chi connectivity index (χ2n) is 6.96. The number of nitrogens with zero attached hydrogens (tertiary/aromatic N) is 2. The fourth-order valence-corrected chi connectivity index (χ4v) is 4.21. The van der Waals surface area contributed by atoms with Crippen molar-refractivity contribution in [3.8, 4) is 17.0 Å². The van der Waals surface area contributed by atoms with E-state index in [0.29, 0.717) is 15.7 Å². The normalized spacial score (nSPS) is 16.0. The molecule has 0 spiro atoms. The Kier molecular flexibility index (Phi) is 4.81. The van der Waals surface area contributed by atoms with E-state index < -0.39 is 0 Å². The molecule has 0 radical (unpaired) electrons. The minimum absolute atomic E-state index is 0.0197. The Bertz CT molecular complexity index is 1040. The van der Waals surface area contributed by atoms with E-state index in [1.165, 1.54) is 0 Å². The lowest BCUT2D eigenvalue weighted by Gasteiger charge is -2.30. The first-order valence-corrected chi connectivity index (χ1v) is 9.68. The average molecular weight is 416 g/mol. The van der Waals surface area contributed by atoms with Crippen molar-refractivity contribution in [1.29, 1.82) is 0 Å². The van der Waals surface area contributed by atoms with E-state index in [4.69, 9.17) is 27.9 Å². The Balaban J connectivity index is 1.91. The molecule has 4 rings (SSSR count). The summed E-state index contributed by atoms with van der Waals surface area (Å²) >= 11 is 12.6. The van der Waals surface area contributed by atoms with Gasteiger partial charge in [-0.15, -0.1) is 0 Å². The number of carbonyl (C=O) groups excluding carboxylic acids is 1. The SMILES string of the molecule is COc1ccc(-c2n[nH]c3c2C(c2ccc(Cl)cc2Cl)N(C(C)C)C3=O)cc1. The minimum atomic E-state index is -0.344. The molecule has 5 nitrogen and oxygen atoms in total. The first-order chi connectivity index (χ1) is 13.4. The van der Waals surface area contributed by atoms with Crippen LogP contribution in [0.2, 0.25) is 10.0 Å². The fourth-order valence-electron chi connectivity index (χ4n) is 3.70.